The zero-order chi connectivity index (χ0) is 30.9. The second kappa shape index (κ2) is 12.9. The Morgan fingerprint density at radius 2 is 1.74 bits per heavy atom. The van der Waals surface area contributed by atoms with Gasteiger partial charge in [0, 0.05) is 82.7 Å². The molecule has 1 amide bonds. The average Bonchev–Trinajstić information content (AvgIpc) is 3.34. The molecule has 3 aliphatic rings. The third-order valence-corrected chi connectivity index (χ3v) is 8.86. The van der Waals surface area contributed by atoms with Gasteiger partial charge in [-0.2, -0.15) is 5.10 Å². The highest BCUT2D eigenvalue weighted by Crippen LogP contribution is 2.35. The maximum Gasteiger partial charge on any atom is 0.410 e. The summed E-state index contributed by atoms with van der Waals surface area (Å²) in [5.41, 5.74) is 1.89. The van der Waals surface area contributed by atoms with Crippen molar-refractivity contribution in [2.45, 2.75) is 84.0 Å². The monoisotopic (exact) mass is 604 g/mol. The lowest BCUT2D eigenvalue weighted by atomic mass is 9.91. The predicted octanol–water partition coefficient (Wildman–Crippen LogP) is 4.08. The Morgan fingerprint density at radius 1 is 1.07 bits per heavy atom. The van der Waals surface area contributed by atoms with Gasteiger partial charge in [-0.3, -0.25) is 9.58 Å². The van der Waals surface area contributed by atoms with Crippen LogP contribution in [0, 0.1) is 6.92 Å². The van der Waals surface area contributed by atoms with Gasteiger partial charge >= 0.3 is 6.09 Å². The number of halogens is 2. The van der Waals surface area contributed by atoms with Gasteiger partial charge in [-0.15, -0.1) is 0 Å². The van der Waals surface area contributed by atoms with Gasteiger partial charge in [0.1, 0.15) is 17.2 Å². The zero-order valence-corrected chi connectivity index (χ0v) is 26.3. The number of carbonyl (C=O) groups is 1. The number of hydrogen-bond donors (Lipinski definition) is 0. The Bertz CT molecular complexity index is 1250. The molecule has 3 saturated heterocycles. The van der Waals surface area contributed by atoms with Crippen LogP contribution in [-0.2, 0) is 16.0 Å². The van der Waals surface area contributed by atoms with Crippen LogP contribution in [-0.4, -0.2) is 113 Å². The lowest BCUT2D eigenvalue weighted by Crippen LogP contribution is -2.68. The van der Waals surface area contributed by atoms with Crippen molar-refractivity contribution < 1.29 is 23.0 Å². The second-order valence-electron chi connectivity index (χ2n) is 12.9. The molecule has 0 spiro atoms. The van der Waals surface area contributed by atoms with E-state index in [1.54, 1.807) is 12.0 Å². The Morgan fingerprint density at radius 3 is 2.35 bits per heavy atom. The number of ether oxygens (including phenoxy) is 2. The molecule has 43 heavy (non-hydrogen) atoms. The molecular weight excluding hydrogens is 558 g/mol. The van der Waals surface area contributed by atoms with Crippen LogP contribution in [0.3, 0.4) is 0 Å². The van der Waals surface area contributed by atoms with E-state index in [1.807, 2.05) is 37.7 Å². The van der Waals surface area contributed by atoms with Crippen LogP contribution in [0.4, 0.5) is 25.2 Å². The number of aromatic nitrogens is 4. The van der Waals surface area contributed by atoms with E-state index in [9.17, 15) is 13.6 Å². The number of amides is 1. The van der Waals surface area contributed by atoms with Crippen molar-refractivity contribution in [2.24, 2.45) is 0 Å². The number of aryl methyl sites for hydroxylation is 1. The minimum atomic E-state index is -2.75. The highest BCUT2D eigenvalue weighted by molar-refractivity contribution is 5.68. The van der Waals surface area contributed by atoms with E-state index in [4.69, 9.17) is 9.47 Å². The van der Waals surface area contributed by atoms with Gasteiger partial charge in [0.05, 0.1) is 19.3 Å². The summed E-state index contributed by atoms with van der Waals surface area (Å²) >= 11 is 0. The third-order valence-electron chi connectivity index (χ3n) is 8.86. The number of alkyl halides is 2. The van der Waals surface area contributed by atoms with Crippen molar-refractivity contribution in [1.29, 1.82) is 0 Å². The van der Waals surface area contributed by atoms with Gasteiger partial charge < -0.3 is 24.2 Å². The van der Waals surface area contributed by atoms with Crippen LogP contribution in [0.15, 0.2) is 12.3 Å². The van der Waals surface area contributed by atoms with Crippen molar-refractivity contribution in [3.05, 3.63) is 29.3 Å². The summed E-state index contributed by atoms with van der Waals surface area (Å²) in [6.07, 6.45) is 0.660. The quantitative estimate of drug-likeness (QED) is 0.442. The van der Waals surface area contributed by atoms with Crippen LogP contribution < -0.4 is 9.80 Å². The number of piperidine rings is 1. The molecule has 0 bridgehead atoms. The Labute approximate surface area is 253 Å². The van der Waals surface area contributed by atoms with Gasteiger partial charge in [0.25, 0.3) is 6.43 Å². The molecule has 2 aromatic rings. The van der Waals surface area contributed by atoms with E-state index in [0.717, 1.165) is 39.0 Å². The molecule has 11 nitrogen and oxygen atoms in total. The fourth-order valence-electron chi connectivity index (χ4n) is 6.48. The number of rotatable bonds is 8. The molecule has 3 fully saturated rings. The smallest absolute Gasteiger partial charge is 0.410 e. The van der Waals surface area contributed by atoms with Crippen molar-refractivity contribution in [3.8, 4) is 0 Å². The summed E-state index contributed by atoms with van der Waals surface area (Å²) in [7, 11) is 1.69. The first-order valence-electron chi connectivity index (χ1n) is 15.4. The lowest BCUT2D eigenvalue weighted by molar-refractivity contribution is 0.00571. The van der Waals surface area contributed by atoms with E-state index in [0.29, 0.717) is 50.3 Å². The van der Waals surface area contributed by atoms with Crippen molar-refractivity contribution in [3.63, 3.8) is 0 Å². The Balaban J connectivity index is 1.21. The predicted molar refractivity (Wildman–Crippen MR) is 160 cm³/mol. The van der Waals surface area contributed by atoms with Crippen LogP contribution in [0.1, 0.15) is 70.0 Å². The van der Waals surface area contributed by atoms with Crippen LogP contribution in [0.5, 0.6) is 0 Å². The van der Waals surface area contributed by atoms with Gasteiger partial charge in [-0.25, -0.2) is 23.5 Å². The normalized spacial score (nSPS) is 22.3. The highest BCUT2D eigenvalue weighted by atomic mass is 19.3. The number of anilines is 2. The molecular formula is C30H46F2N8O3. The summed E-state index contributed by atoms with van der Waals surface area (Å²) in [5.74, 6) is 1.03. The minimum Gasteiger partial charge on any atom is -0.444 e. The lowest BCUT2D eigenvalue weighted by Gasteiger charge is -2.53. The average molecular weight is 605 g/mol. The van der Waals surface area contributed by atoms with Crippen LogP contribution >= 0.6 is 0 Å². The molecule has 2 aromatic heterocycles. The van der Waals surface area contributed by atoms with Crippen LogP contribution in [0.25, 0.3) is 0 Å². The van der Waals surface area contributed by atoms with Gasteiger partial charge in [0.2, 0.25) is 0 Å². The summed E-state index contributed by atoms with van der Waals surface area (Å²) in [4.78, 5) is 29.4. The maximum absolute atomic E-state index is 14.0. The van der Waals surface area contributed by atoms with E-state index in [2.05, 4.69) is 43.6 Å². The summed E-state index contributed by atoms with van der Waals surface area (Å²) in [6, 6.07) is 2.23. The molecule has 0 radical (unpaired) electrons. The zero-order valence-electron chi connectivity index (χ0n) is 26.3. The summed E-state index contributed by atoms with van der Waals surface area (Å²) < 4.78 is 40.7. The largest absolute Gasteiger partial charge is 0.444 e. The number of piperazine rings is 1. The molecule has 5 rings (SSSR count). The number of methoxy groups -OCH3 is 1. The van der Waals surface area contributed by atoms with E-state index >= 15 is 0 Å². The molecule has 0 aliphatic carbocycles. The van der Waals surface area contributed by atoms with E-state index < -0.39 is 17.9 Å². The molecule has 0 N–H and O–H groups in total. The highest BCUT2D eigenvalue weighted by Gasteiger charge is 2.42. The number of hydrogen-bond acceptors (Lipinski definition) is 9. The first-order valence-corrected chi connectivity index (χ1v) is 15.4. The van der Waals surface area contributed by atoms with Gasteiger partial charge in [-0.1, -0.05) is 0 Å². The maximum atomic E-state index is 14.0. The first-order chi connectivity index (χ1) is 20.4. The van der Waals surface area contributed by atoms with Crippen molar-refractivity contribution in [2.75, 3.05) is 69.3 Å². The molecule has 0 saturated carbocycles. The fraction of sp³-hybridized carbons (Fsp3) is 0.733. The summed E-state index contributed by atoms with van der Waals surface area (Å²) in [6.45, 7) is 16.0. The number of nitrogens with zero attached hydrogens (tertiary/aromatic N) is 8. The van der Waals surface area contributed by atoms with E-state index in [-0.39, 0.29) is 18.2 Å². The third kappa shape index (κ3) is 7.03. The standard InChI is InChI=1S/C30H46F2N8O3/c1-20-18-33-40(15-16-42-6)26(20)22-7-9-37(10-8-22)24-17-25(35-28(34-24)27(31)32)39-19-23(21(39)2)36-11-13-38(14-12-36)29(41)43-30(3,4)5/h17-18,21-23,27H,7-16,19H2,1-6H3/t21-,23-/m1/s1. The topological polar surface area (TPSA) is 92.1 Å². The van der Waals surface area contributed by atoms with E-state index in [1.165, 1.54) is 11.3 Å². The number of carbonyl (C=O) groups excluding carboxylic acids is 1. The molecule has 2 atom stereocenters. The molecule has 238 valence electrons. The first kappa shape index (κ1) is 31.4. The van der Waals surface area contributed by atoms with Crippen LogP contribution in [0.2, 0.25) is 0 Å². The summed E-state index contributed by atoms with van der Waals surface area (Å²) in [5, 5.41) is 4.54. The van der Waals surface area contributed by atoms with Crippen molar-refractivity contribution >= 4 is 17.7 Å². The molecule has 0 aromatic carbocycles. The van der Waals surface area contributed by atoms with Gasteiger partial charge in [-0.05, 0) is 53.0 Å². The Hall–Kier alpha value is -3.06. The fourth-order valence-corrected chi connectivity index (χ4v) is 6.48. The molecule has 0 unspecified atom stereocenters. The molecule has 3 aliphatic heterocycles. The van der Waals surface area contributed by atoms with Gasteiger partial charge in [0.15, 0.2) is 5.82 Å². The Kier molecular flexibility index (Phi) is 9.40. The molecule has 13 heteroatoms. The van der Waals surface area contributed by atoms with Crippen molar-refractivity contribution in [1.82, 2.24) is 29.5 Å². The SMILES string of the molecule is COCCn1ncc(C)c1C1CCN(c2cc(N3C[C@@H](N4CCN(C(=O)OC(C)(C)C)CC4)[C@H]3C)nc(C(F)F)n2)CC1. The molecule has 5 heterocycles. The minimum absolute atomic E-state index is 0.0995. The second-order valence-corrected chi connectivity index (χ2v) is 12.9.